The van der Waals surface area contributed by atoms with Gasteiger partial charge in [-0.15, -0.1) is 5.10 Å². The summed E-state index contributed by atoms with van der Waals surface area (Å²) in [6, 6.07) is 10.8. The van der Waals surface area contributed by atoms with E-state index < -0.39 is 0 Å². The maximum Gasteiger partial charge on any atom is 0.224 e. The number of likely N-dealkylation sites (tertiary alicyclic amines) is 1. The molecular formula is C18H22N4O. The van der Waals surface area contributed by atoms with E-state index in [0.717, 1.165) is 6.54 Å². The van der Waals surface area contributed by atoms with Gasteiger partial charge in [-0.2, -0.15) is 0 Å². The van der Waals surface area contributed by atoms with Crippen LogP contribution >= 0.6 is 0 Å². The van der Waals surface area contributed by atoms with Crippen molar-refractivity contribution >= 4 is 5.91 Å². The first-order valence-corrected chi connectivity index (χ1v) is 8.47. The van der Waals surface area contributed by atoms with E-state index in [1.165, 1.54) is 31.2 Å². The van der Waals surface area contributed by atoms with E-state index in [9.17, 15) is 4.79 Å². The molecule has 2 heterocycles. The summed E-state index contributed by atoms with van der Waals surface area (Å²) >= 11 is 0. The molecule has 2 aromatic rings. The largest absolute Gasteiger partial charge is 0.334 e. The van der Waals surface area contributed by atoms with Gasteiger partial charge in [-0.05, 0) is 18.4 Å². The molecule has 1 spiro atoms. The predicted octanol–water partition coefficient (Wildman–Crippen LogP) is 2.81. The summed E-state index contributed by atoms with van der Waals surface area (Å²) in [5, 5.41) is 7.72. The quantitative estimate of drug-likeness (QED) is 0.872. The van der Waals surface area contributed by atoms with Gasteiger partial charge in [0.15, 0.2) is 0 Å². The van der Waals surface area contributed by atoms with Gasteiger partial charge in [0.05, 0.1) is 18.8 Å². The van der Waals surface area contributed by atoms with Crippen LogP contribution in [-0.2, 0) is 11.3 Å². The fraction of sp³-hybridized carbons (Fsp3) is 0.500. The second kappa shape index (κ2) is 5.80. The van der Waals surface area contributed by atoms with Crippen molar-refractivity contribution in [1.29, 1.82) is 0 Å². The number of aryl methyl sites for hydroxylation is 1. The number of hydrogen-bond acceptors (Lipinski definition) is 3. The number of amides is 1. The Morgan fingerprint density at radius 3 is 2.70 bits per heavy atom. The van der Waals surface area contributed by atoms with Crippen LogP contribution in [0, 0.1) is 5.41 Å². The first-order valence-electron chi connectivity index (χ1n) is 8.47. The summed E-state index contributed by atoms with van der Waals surface area (Å²) in [7, 11) is 0. The smallest absolute Gasteiger partial charge is 0.224 e. The van der Waals surface area contributed by atoms with Crippen molar-refractivity contribution in [3.63, 3.8) is 0 Å². The lowest BCUT2D eigenvalue weighted by molar-refractivity contribution is -0.155. The number of carbonyl (C=O) groups is 1. The van der Waals surface area contributed by atoms with Gasteiger partial charge in [0.2, 0.25) is 5.91 Å². The summed E-state index contributed by atoms with van der Waals surface area (Å²) in [4.78, 5) is 14.8. The van der Waals surface area contributed by atoms with E-state index >= 15 is 0 Å². The normalized spacial score (nSPS) is 22.3. The Balaban J connectivity index is 1.50. The van der Waals surface area contributed by atoms with Crippen LogP contribution in [0.25, 0.3) is 0 Å². The fourth-order valence-electron chi connectivity index (χ4n) is 4.35. The summed E-state index contributed by atoms with van der Waals surface area (Å²) in [6.07, 6.45) is 9.03. The molecule has 1 aliphatic heterocycles. The van der Waals surface area contributed by atoms with Gasteiger partial charge < -0.3 is 4.90 Å². The third-order valence-electron chi connectivity index (χ3n) is 5.44. The lowest BCUT2D eigenvalue weighted by Crippen LogP contribution is -2.59. The molecule has 0 unspecified atom stereocenters. The van der Waals surface area contributed by atoms with Gasteiger partial charge in [0.1, 0.15) is 0 Å². The zero-order valence-corrected chi connectivity index (χ0v) is 13.3. The van der Waals surface area contributed by atoms with Crippen LogP contribution in [0.5, 0.6) is 0 Å². The summed E-state index contributed by atoms with van der Waals surface area (Å²) in [5.41, 5.74) is 1.61. The zero-order chi connectivity index (χ0) is 15.7. The van der Waals surface area contributed by atoms with Gasteiger partial charge in [0.25, 0.3) is 0 Å². The van der Waals surface area contributed by atoms with Crippen LogP contribution in [0.1, 0.15) is 43.7 Å². The van der Waals surface area contributed by atoms with Crippen molar-refractivity contribution in [2.75, 3.05) is 6.54 Å². The Hall–Kier alpha value is -2.17. The molecule has 1 atom stereocenters. The second-order valence-corrected chi connectivity index (χ2v) is 6.82. The Morgan fingerprint density at radius 1 is 1.22 bits per heavy atom. The molecule has 1 saturated carbocycles. The van der Waals surface area contributed by atoms with Crippen LogP contribution in [0.2, 0.25) is 0 Å². The Morgan fingerprint density at radius 2 is 2.00 bits per heavy atom. The molecule has 5 nitrogen and oxygen atoms in total. The number of carbonyl (C=O) groups excluding carboxylic acids is 1. The monoisotopic (exact) mass is 310 g/mol. The SMILES string of the molecule is O=C(CCn1ccnn1)N1CC2(CCCC2)[C@@H]1c1ccccc1. The Labute approximate surface area is 136 Å². The minimum absolute atomic E-state index is 0.229. The molecule has 23 heavy (non-hydrogen) atoms. The van der Waals surface area contributed by atoms with Crippen LogP contribution in [0.15, 0.2) is 42.7 Å². The van der Waals surface area contributed by atoms with Crippen LogP contribution in [-0.4, -0.2) is 32.3 Å². The highest BCUT2D eigenvalue weighted by Gasteiger charge is 2.55. The average molecular weight is 310 g/mol. The molecule has 1 amide bonds. The van der Waals surface area contributed by atoms with Crippen molar-refractivity contribution < 1.29 is 4.79 Å². The molecule has 120 valence electrons. The molecule has 1 saturated heterocycles. The van der Waals surface area contributed by atoms with Crippen LogP contribution in [0.3, 0.4) is 0 Å². The van der Waals surface area contributed by atoms with E-state index in [4.69, 9.17) is 0 Å². The lowest BCUT2D eigenvalue weighted by Gasteiger charge is -2.56. The zero-order valence-electron chi connectivity index (χ0n) is 13.3. The van der Waals surface area contributed by atoms with Gasteiger partial charge in [-0.25, -0.2) is 0 Å². The maximum atomic E-state index is 12.7. The Bertz CT molecular complexity index is 662. The first-order chi connectivity index (χ1) is 11.3. The van der Waals surface area contributed by atoms with Crippen LogP contribution in [0.4, 0.5) is 0 Å². The molecule has 1 aliphatic carbocycles. The maximum absolute atomic E-state index is 12.7. The lowest BCUT2D eigenvalue weighted by atomic mass is 9.67. The topological polar surface area (TPSA) is 51.0 Å². The van der Waals surface area contributed by atoms with Crippen molar-refractivity contribution in [1.82, 2.24) is 19.9 Å². The van der Waals surface area contributed by atoms with Crippen molar-refractivity contribution in [2.45, 2.75) is 44.7 Å². The number of hydrogen-bond donors (Lipinski definition) is 0. The first kappa shape index (κ1) is 14.4. The minimum Gasteiger partial charge on any atom is -0.334 e. The van der Waals surface area contributed by atoms with Crippen molar-refractivity contribution in [2.24, 2.45) is 5.41 Å². The molecule has 0 N–H and O–H groups in total. The number of rotatable bonds is 4. The molecule has 1 aromatic heterocycles. The van der Waals surface area contributed by atoms with Crippen molar-refractivity contribution in [3.05, 3.63) is 48.3 Å². The van der Waals surface area contributed by atoms with Gasteiger partial charge >= 0.3 is 0 Å². The highest BCUT2D eigenvalue weighted by atomic mass is 16.2. The van der Waals surface area contributed by atoms with E-state index in [-0.39, 0.29) is 11.9 Å². The highest BCUT2D eigenvalue weighted by molar-refractivity contribution is 5.78. The molecule has 1 aromatic carbocycles. The van der Waals surface area contributed by atoms with Crippen LogP contribution < -0.4 is 0 Å². The Kier molecular flexibility index (Phi) is 3.63. The number of aromatic nitrogens is 3. The summed E-state index contributed by atoms with van der Waals surface area (Å²) in [5.74, 6) is 0.229. The minimum atomic E-state index is 0.229. The second-order valence-electron chi connectivity index (χ2n) is 6.82. The third kappa shape index (κ3) is 2.54. The van der Waals surface area contributed by atoms with Gasteiger partial charge in [-0.1, -0.05) is 48.4 Å². The molecule has 4 rings (SSSR count). The number of benzene rings is 1. The number of nitrogens with zero attached hydrogens (tertiary/aromatic N) is 4. The summed E-state index contributed by atoms with van der Waals surface area (Å²) < 4.78 is 1.72. The molecule has 0 radical (unpaired) electrons. The van der Waals surface area contributed by atoms with E-state index in [2.05, 4.69) is 39.5 Å². The highest BCUT2D eigenvalue weighted by Crippen LogP contribution is 2.58. The van der Waals surface area contributed by atoms with Gasteiger partial charge in [0, 0.05) is 24.6 Å². The molecule has 2 aliphatic rings. The van der Waals surface area contributed by atoms with E-state index in [1.807, 2.05) is 6.07 Å². The standard InChI is InChI=1S/C18H22N4O/c23-16(8-12-21-13-11-19-20-21)22-14-18(9-4-5-10-18)17(22)15-6-2-1-3-7-15/h1-3,6-7,11,13,17H,4-5,8-10,12,14H2/t17-/m0/s1. The molecule has 5 heteroatoms. The van der Waals surface area contributed by atoms with Crippen molar-refractivity contribution in [3.8, 4) is 0 Å². The third-order valence-corrected chi connectivity index (χ3v) is 5.44. The summed E-state index contributed by atoms with van der Waals surface area (Å²) in [6.45, 7) is 1.52. The molecular weight excluding hydrogens is 288 g/mol. The van der Waals surface area contributed by atoms with E-state index in [1.54, 1.807) is 17.1 Å². The fourth-order valence-corrected chi connectivity index (χ4v) is 4.35. The van der Waals surface area contributed by atoms with E-state index in [0.29, 0.717) is 18.4 Å². The molecule has 2 fully saturated rings. The molecule has 0 bridgehead atoms. The average Bonchev–Trinajstić information content (AvgIpc) is 3.24. The predicted molar refractivity (Wildman–Crippen MR) is 86.4 cm³/mol. The van der Waals surface area contributed by atoms with Gasteiger partial charge in [-0.3, -0.25) is 9.48 Å².